The zero-order valence-corrected chi connectivity index (χ0v) is 15.2. The fourth-order valence-corrected chi connectivity index (χ4v) is 2.61. The van der Waals surface area contributed by atoms with Crippen LogP contribution in [-0.2, 0) is 11.4 Å². The molecule has 0 radical (unpaired) electrons. The van der Waals surface area contributed by atoms with E-state index in [-0.39, 0.29) is 18.8 Å². The maximum Gasteiger partial charge on any atom is 0.163 e. The Bertz CT molecular complexity index is 843. The lowest BCUT2D eigenvalue weighted by atomic mass is 9.89. The van der Waals surface area contributed by atoms with Crippen LogP contribution >= 0.6 is 0 Å². The maximum absolute atomic E-state index is 12.4. The Morgan fingerprint density at radius 1 is 0.963 bits per heavy atom. The van der Waals surface area contributed by atoms with Crippen LogP contribution in [0.2, 0.25) is 0 Å². The van der Waals surface area contributed by atoms with Crippen LogP contribution in [0.5, 0.6) is 0 Å². The molecule has 2 aromatic carbocycles. The zero-order valence-electron chi connectivity index (χ0n) is 15.2. The lowest BCUT2D eigenvalue weighted by Crippen LogP contribution is -2.36. The van der Waals surface area contributed by atoms with Crippen LogP contribution < -0.4 is 5.73 Å². The molecule has 0 aliphatic carbocycles. The molecular formula is C22H23NO4. The highest BCUT2D eigenvalue weighted by Crippen LogP contribution is 2.15. The van der Waals surface area contributed by atoms with Gasteiger partial charge in [0.05, 0.1) is 6.61 Å². The summed E-state index contributed by atoms with van der Waals surface area (Å²) in [6.45, 7) is 1.03. The Labute approximate surface area is 158 Å². The average molecular weight is 365 g/mol. The molecule has 2 atom stereocenters. The third kappa shape index (κ3) is 5.87. The van der Waals surface area contributed by atoms with Crippen molar-refractivity contribution in [3.05, 3.63) is 70.8 Å². The molecule has 4 N–H and O–H groups in total. The van der Waals surface area contributed by atoms with Crippen molar-refractivity contribution in [3.63, 3.8) is 0 Å². The Balaban J connectivity index is 2.07. The minimum atomic E-state index is -0.691. The van der Waals surface area contributed by atoms with Crippen molar-refractivity contribution in [1.29, 1.82) is 0 Å². The van der Waals surface area contributed by atoms with E-state index in [0.29, 0.717) is 5.56 Å². The summed E-state index contributed by atoms with van der Waals surface area (Å²) in [4.78, 5) is 24.1. The second-order valence-corrected chi connectivity index (χ2v) is 6.40. The van der Waals surface area contributed by atoms with Gasteiger partial charge in [0, 0.05) is 35.1 Å². The van der Waals surface area contributed by atoms with Crippen molar-refractivity contribution in [2.45, 2.75) is 26.0 Å². The molecule has 0 unspecified atom stereocenters. The van der Waals surface area contributed by atoms with Gasteiger partial charge in [0.25, 0.3) is 0 Å². The minimum Gasteiger partial charge on any atom is -0.392 e. The molecule has 0 heterocycles. The Kier molecular flexibility index (Phi) is 7.44. The standard InChI is InChI=1S/C22H23NO4/c1-15(23)20(22(27)14-25)12-21(26)19-10-8-17(9-11-19)3-2-16-4-6-18(13-24)7-5-16/h4-11,15,20,24-25H,12-14,23H2,1H3/t15-,20-/m0/s1. The van der Waals surface area contributed by atoms with E-state index >= 15 is 0 Å². The van der Waals surface area contributed by atoms with E-state index < -0.39 is 24.3 Å². The van der Waals surface area contributed by atoms with Crippen molar-refractivity contribution in [2.24, 2.45) is 11.7 Å². The van der Waals surface area contributed by atoms with Crippen molar-refractivity contribution >= 4 is 11.6 Å². The quantitative estimate of drug-likeness (QED) is 0.512. The number of ketones is 2. The Morgan fingerprint density at radius 3 is 1.93 bits per heavy atom. The smallest absolute Gasteiger partial charge is 0.163 e. The summed E-state index contributed by atoms with van der Waals surface area (Å²) in [5, 5.41) is 18.0. The van der Waals surface area contributed by atoms with Crippen LogP contribution in [0.25, 0.3) is 0 Å². The molecule has 0 amide bonds. The molecule has 0 saturated carbocycles. The van der Waals surface area contributed by atoms with Crippen LogP contribution in [0.3, 0.4) is 0 Å². The first kappa shape index (κ1) is 20.5. The van der Waals surface area contributed by atoms with Gasteiger partial charge in [-0.15, -0.1) is 0 Å². The fourth-order valence-electron chi connectivity index (χ4n) is 2.61. The van der Waals surface area contributed by atoms with Crippen molar-refractivity contribution in [2.75, 3.05) is 6.61 Å². The molecule has 0 aromatic heterocycles. The fraction of sp³-hybridized carbons (Fsp3) is 0.273. The maximum atomic E-state index is 12.4. The molecule has 0 spiro atoms. The van der Waals surface area contributed by atoms with Gasteiger partial charge in [0.2, 0.25) is 0 Å². The molecule has 5 heteroatoms. The first-order valence-corrected chi connectivity index (χ1v) is 8.69. The van der Waals surface area contributed by atoms with E-state index in [0.717, 1.165) is 16.7 Å². The minimum absolute atomic E-state index is 0.00308. The predicted octanol–water partition coefficient (Wildman–Crippen LogP) is 1.68. The molecule has 0 aliphatic rings. The highest BCUT2D eigenvalue weighted by molar-refractivity contribution is 5.99. The van der Waals surface area contributed by atoms with E-state index in [2.05, 4.69) is 11.8 Å². The number of nitrogens with two attached hydrogens (primary N) is 1. The normalized spacial score (nSPS) is 12.6. The highest BCUT2D eigenvalue weighted by atomic mass is 16.3. The van der Waals surface area contributed by atoms with Gasteiger partial charge in [-0.3, -0.25) is 9.59 Å². The number of hydrogen-bond donors (Lipinski definition) is 3. The molecule has 0 saturated heterocycles. The summed E-state index contributed by atoms with van der Waals surface area (Å²) < 4.78 is 0. The summed E-state index contributed by atoms with van der Waals surface area (Å²) in [5.74, 6) is 4.73. The first-order chi connectivity index (χ1) is 12.9. The predicted molar refractivity (Wildman–Crippen MR) is 103 cm³/mol. The summed E-state index contributed by atoms with van der Waals surface area (Å²) in [6, 6.07) is 13.6. The van der Waals surface area contributed by atoms with Gasteiger partial charge in [-0.2, -0.15) is 0 Å². The third-order valence-corrected chi connectivity index (χ3v) is 4.30. The molecule has 27 heavy (non-hydrogen) atoms. The molecule has 0 aliphatic heterocycles. The molecule has 0 fully saturated rings. The van der Waals surface area contributed by atoms with Gasteiger partial charge in [0.15, 0.2) is 11.6 Å². The van der Waals surface area contributed by atoms with Gasteiger partial charge in [-0.25, -0.2) is 0 Å². The second kappa shape index (κ2) is 9.79. The van der Waals surface area contributed by atoms with E-state index in [4.69, 9.17) is 15.9 Å². The third-order valence-electron chi connectivity index (χ3n) is 4.30. The van der Waals surface area contributed by atoms with E-state index in [9.17, 15) is 9.59 Å². The second-order valence-electron chi connectivity index (χ2n) is 6.40. The summed E-state index contributed by atoms with van der Waals surface area (Å²) in [5.41, 5.74) is 8.65. The molecule has 5 nitrogen and oxygen atoms in total. The van der Waals surface area contributed by atoms with Gasteiger partial charge in [-0.05, 0) is 36.8 Å². The van der Waals surface area contributed by atoms with Crippen molar-refractivity contribution in [3.8, 4) is 11.8 Å². The number of aliphatic hydroxyl groups is 2. The number of carbonyl (C=O) groups excluding carboxylic acids is 2. The van der Waals surface area contributed by atoms with Gasteiger partial charge in [-0.1, -0.05) is 36.1 Å². The largest absolute Gasteiger partial charge is 0.392 e. The lowest BCUT2D eigenvalue weighted by molar-refractivity contribution is -0.126. The summed E-state index contributed by atoms with van der Waals surface area (Å²) in [6.07, 6.45) is -0.0285. The average Bonchev–Trinajstić information content (AvgIpc) is 2.70. The van der Waals surface area contributed by atoms with Gasteiger partial charge in [0.1, 0.15) is 6.61 Å². The summed E-state index contributed by atoms with van der Waals surface area (Å²) in [7, 11) is 0. The zero-order chi connectivity index (χ0) is 19.8. The van der Waals surface area contributed by atoms with Crippen LogP contribution in [-0.4, -0.2) is 34.4 Å². The van der Waals surface area contributed by atoms with Crippen molar-refractivity contribution < 1.29 is 19.8 Å². The number of aliphatic hydroxyl groups excluding tert-OH is 2. The van der Waals surface area contributed by atoms with E-state index in [1.54, 1.807) is 31.2 Å². The summed E-state index contributed by atoms with van der Waals surface area (Å²) >= 11 is 0. The van der Waals surface area contributed by atoms with Crippen LogP contribution in [0.1, 0.15) is 40.4 Å². The topological polar surface area (TPSA) is 101 Å². The number of hydrogen-bond acceptors (Lipinski definition) is 5. The van der Waals surface area contributed by atoms with E-state index in [1.807, 2.05) is 24.3 Å². The lowest BCUT2D eigenvalue weighted by Gasteiger charge is -2.17. The highest BCUT2D eigenvalue weighted by Gasteiger charge is 2.25. The molecule has 140 valence electrons. The van der Waals surface area contributed by atoms with Gasteiger partial charge >= 0.3 is 0 Å². The van der Waals surface area contributed by atoms with Crippen LogP contribution in [0, 0.1) is 17.8 Å². The Hall–Kier alpha value is -2.78. The molecule has 2 aromatic rings. The monoisotopic (exact) mass is 365 g/mol. The number of rotatable bonds is 7. The number of benzene rings is 2. The van der Waals surface area contributed by atoms with Crippen LogP contribution in [0.4, 0.5) is 0 Å². The Morgan fingerprint density at radius 2 is 1.48 bits per heavy atom. The first-order valence-electron chi connectivity index (χ1n) is 8.69. The molecule has 0 bridgehead atoms. The molecule has 2 rings (SSSR count). The van der Waals surface area contributed by atoms with E-state index in [1.165, 1.54) is 0 Å². The SMILES string of the molecule is C[C@H](N)[C@H](CC(=O)c1ccc(C#Cc2ccc(CO)cc2)cc1)C(=O)CO. The number of carbonyl (C=O) groups is 2. The van der Waals surface area contributed by atoms with Gasteiger partial charge < -0.3 is 15.9 Å². The molecular weight excluding hydrogens is 342 g/mol. The van der Waals surface area contributed by atoms with Crippen LogP contribution in [0.15, 0.2) is 48.5 Å². The van der Waals surface area contributed by atoms with Crippen molar-refractivity contribution in [1.82, 2.24) is 0 Å². The number of Topliss-reactive ketones (excluding diaryl/α,β-unsaturated/α-hetero) is 2.